The van der Waals surface area contributed by atoms with Gasteiger partial charge in [-0.05, 0) is 0 Å². The fourth-order valence-electron chi connectivity index (χ4n) is 0. The summed E-state index contributed by atoms with van der Waals surface area (Å²) in [4.78, 5) is 0. The van der Waals surface area contributed by atoms with Crippen molar-refractivity contribution in [2.75, 3.05) is 0 Å². The average molecular weight is 163 g/mol. The second kappa shape index (κ2) is 40.1. The van der Waals surface area contributed by atoms with Crippen molar-refractivity contribution in [2.24, 2.45) is 0 Å². The molecule has 0 fully saturated rings. The second-order valence-electron chi connectivity index (χ2n) is 0. The van der Waals surface area contributed by atoms with Crippen molar-refractivity contribution in [2.45, 2.75) is 0 Å². The van der Waals surface area contributed by atoms with Crippen LogP contribution < -0.4 is 12.3 Å². The van der Waals surface area contributed by atoms with Gasteiger partial charge in [0.1, 0.15) is 0 Å². The summed E-state index contributed by atoms with van der Waals surface area (Å²) in [5.74, 6) is 0. The predicted octanol–water partition coefficient (Wildman–Crippen LogP) is -2.20. The Bertz CT molecular complexity index is 15.7. The first-order chi connectivity index (χ1) is 0. The summed E-state index contributed by atoms with van der Waals surface area (Å²) in [5.41, 5.74) is 0. The van der Waals surface area contributed by atoms with Crippen molar-refractivity contribution in [1.29, 1.82) is 0 Å². The van der Waals surface area contributed by atoms with E-state index >= 15 is 0 Å². The Morgan fingerprint density at radius 3 is 1.00 bits per heavy atom. The maximum absolute atomic E-state index is 0. The molecule has 0 rings (SSSR count). The molecule has 0 aromatic rings. The van der Waals surface area contributed by atoms with Crippen LogP contribution in [0.1, 0.15) is 2.85 Å². The third-order valence-corrected chi connectivity index (χ3v) is 0. The van der Waals surface area contributed by atoms with Gasteiger partial charge < -0.3 is 15.2 Å². The Balaban J connectivity index is 0. The monoisotopic (exact) mass is 162 g/mol. The Kier molecular flexibility index (Phi) is 548. The minimum Gasteiger partial charge on any atom is -1.00 e. The van der Waals surface area contributed by atoms with Gasteiger partial charge in [0.05, 0.1) is 0 Å². The van der Waals surface area contributed by atoms with Gasteiger partial charge in [0.15, 0.2) is 17.4 Å². The zero-order valence-corrected chi connectivity index (χ0v) is 3.54. The summed E-state index contributed by atoms with van der Waals surface area (Å²) in [6.07, 6.45) is 0. The molecular formula is H14AlGaMgN2. The summed E-state index contributed by atoms with van der Waals surface area (Å²) in [7, 11) is 0. The molecule has 6 N–H and O–H groups in total. The van der Waals surface area contributed by atoms with E-state index in [1.807, 2.05) is 0 Å². The Hall–Kier alpha value is 1.86. The molecule has 0 aromatic carbocycles. The largest absolute Gasteiger partial charge is 2.00 e. The molecule has 0 heterocycles. The molecule has 0 saturated carbocycles. The van der Waals surface area contributed by atoms with Gasteiger partial charge in [-0.3, -0.25) is 0 Å². The summed E-state index contributed by atoms with van der Waals surface area (Å²) in [6, 6.07) is 0. The summed E-state index contributed by atoms with van der Waals surface area (Å²) >= 11 is 0. The zero-order valence-electron chi connectivity index (χ0n) is 4.12. The summed E-state index contributed by atoms with van der Waals surface area (Å²) in [6.45, 7) is 0. The van der Waals surface area contributed by atoms with E-state index < -0.39 is 0 Å². The van der Waals surface area contributed by atoms with E-state index in [1.54, 1.807) is 0 Å². The molecule has 2 nitrogen and oxygen atoms in total. The van der Waals surface area contributed by atoms with Crippen molar-refractivity contribution >= 4 is 60.2 Å². The van der Waals surface area contributed by atoms with Crippen molar-refractivity contribution in [1.82, 2.24) is 12.3 Å². The first-order valence-corrected chi connectivity index (χ1v) is 0. The third-order valence-electron chi connectivity index (χ3n) is 0. The van der Waals surface area contributed by atoms with Crippen LogP contribution in [0.25, 0.3) is 0 Å². The molecule has 0 aromatic heterocycles. The molecule has 0 radical (unpaired) electrons. The molecule has 0 aliphatic rings. The Morgan fingerprint density at radius 1 is 1.00 bits per heavy atom. The second-order valence-corrected chi connectivity index (χ2v) is 0. The van der Waals surface area contributed by atoms with Crippen molar-refractivity contribution < 1.29 is 2.85 Å². The van der Waals surface area contributed by atoms with Gasteiger partial charge in [-0.25, -0.2) is 0 Å². The minimum absolute atomic E-state index is 0. The fourth-order valence-corrected chi connectivity index (χ4v) is 0. The van der Waals surface area contributed by atoms with Gasteiger partial charge in [0.25, 0.3) is 0 Å². The van der Waals surface area contributed by atoms with Gasteiger partial charge in [0, 0.05) is 0 Å². The maximum Gasteiger partial charge on any atom is 2.00 e. The Morgan fingerprint density at radius 2 is 1.00 bits per heavy atom. The van der Waals surface area contributed by atoms with Crippen LogP contribution in [0, 0.1) is 0 Å². The topological polar surface area (TPSA) is 70.0 Å². The average Bonchev–Trinajstić information content (AvgIpc) is 0. The van der Waals surface area contributed by atoms with E-state index in [0.29, 0.717) is 0 Å². The molecule has 0 spiro atoms. The molecule has 0 saturated heterocycles. The zero-order chi connectivity index (χ0) is 0. The molecule has 0 aliphatic carbocycles. The molecular weight excluding hydrogens is 149 g/mol. The fraction of sp³-hybridized carbons (Fsp3) is 0. The van der Waals surface area contributed by atoms with Crippen LogP contribution >= 0.6 is 0 Å². The van der Waals surface area contributed by atoms with E-state index in [-0.39, 0.29) is 75.4 Å². The van der Waals surface area contributed by atoms with Crippen molar-refractivity contribution in [3.8, 4) is 0 Å². The van der Waals surface area contributed by atoms with Crippen LogP contribution in [0.4, 0.5) is 0 Å². The minimum atomic E-state index is 0. The normalized spacial score (nSPS) is 0. The van der Waals surface area contributed by atoms with Gasteiger partial charge in [0.2, 0.25) is 0 Å². The smallest absolute Gasteiger partial charge is 1.00 e. The van der Waals surface area contributed by atoms with Crippen LogP contribution in [0.5, 0.6) is 0 Å². The number of rotatable bonds is 0. The first-order valence-electron chi connectivity index (χ1n) is 0. The van der Waals surface area contributed by atoms with Crippen LogP contribution in [0.15, 0.2) is 0 Å². The third kappa shape index (κ3) is 25.3. The molecule has 0 unspecified atom stereocenters. The van der Waals surface area contributed by atoms with E-state index in [2.05, 4.69) is 0 Å². The van der Waals surface area contributed by atoms with E-state index in [0.717, 1.165) is 0 Å². The van der Waals surface area contributed by atoms with Crippen LogP contribution in [0.3, 0.4) is 0 Å². The number of hydrogen-bond acceptors (Lipinski definition) is 2. The SMILES string of the molecule is N.N.[AlH3].[GaH3].[H-].[H-].[Mg+2]. The van der Waals surface area contributed by atoms with Gasteiger partial charge in [-0.15, -0.1) is 0 Å². The first kappa shape index (κ1) is 68.3. The molecule has 0 atom stereocenters. The summed E-state index contributed by atoms with van der Waals surface area (Å²) in [5, 5.41) is 0. The van der Waals surface area contributed by atoms with Gasteiger partial charge >= 0.3 is 42.8 Å². The molecule has 0 bridgehead atoms. The molecule has 32 valence electrons. The Labute approximate surface area is 74.9 Å². The molecule has 0 aliphatic heterocycles. The maximum atomic E-state index is 0. The summed E-state index contributed by atoms with van der Waals surface area (Å²) < 4.78 is 0. The number of hydrogen-bond donors (Lipinski definition) is 2. The standard InChI is InChI=1S/Al.Ga.Mg.2H3N.8H/h;;;2*1H3;;;;;;;;/q;;+2;;;;;;;;;2*-1. The van der Waals surface area contributed by atoms with Crippen molar-refractivity contribution in [3.63, 3.8) is 0 Å². The van der Waals surface area contributed by atoms with Crippen molar-refractivity contribution in [3.05, 3.63) is 0 Å². The quantitative estimate of drug-likeness (QED) is 0.398. The van der Waals surface area contributed by atoms with Crippen LogP contribution in [0.2, 0.25) is 0 Å². The van der Waals surface area contributed by atoms with Gasteiger partial charge in [-0.1, -0.05) is 0 Å². The molecule has 5 heavy (non-hydrogen) atoms. The predicted molar refractivity (Wildman–Crippen MR) is 37.9 cm³/mol. The van der Waals surface area contributed by atoms with Crippen LogP contribution in [-0.4, -0.2) is 60.2 Å². The van der Waals surface area contributed by atoms with E-state index in [4.69, 9.17) is 0 Å². The van der Waals surface area contributed by atoms with E-state index in [9.17, 15) is 0 Å². The van der Waals surface area contributed by atoms with E-state index in [1.165, 1.54) is 0 Å². The van der Waals surface area contributed by atoms with Gasteiger partial charge in [-0.2, -0.15) is 0 Å². The molecule has 0 amide bonds. The molecule has 5 heteroatoms. The van der Waals surface area contributed by atoms with Crippen LogP contribution in [-0.2, 0) is 0 Å².